The summed E-state index contributed by atoms with van der Waals surface area (Å²) >= 11 is 6.92. The molecule has 0 radical (unpaired) electrons. The zero-order valence-electron chi connectivity index (χ0n) is 8.18. The molecule has 16 heavy (non-hydrogen) atoms. The molecule has 0 bridgehead atoms. The number of halogens is 1. The van der Waals surface area contributed by atoms with Gasteiger partial charge in [-0.3, -0.25) is 10.1 Å². The lowest BCUT2D eigenvalue weighted by Gasteiger charge is -2.00. The molecule has 1 aromatic heterocycles. The minimum Gasteiger partial charge on any atom is -0.258 e. The van der Waals surface area contributed by atoms with Crippen molar-refractivity contribution in [3.63, 3.8) is 0 Å². The largest absolute Gasteiger partial charge is 0.269 e. The van der Waals surface area contributed by atoms with Crippen LogP contribution in [0.15, 0.2) is 18.2 Å². The zero-order chi connectivity index (χ0) is 11.7. The van der Waals surface area contributed by atoms with Crippen LogP contribution in [-0.2, 0) is 0 Å². The van der Waals surface area contributed by atoms with Crippen LogP contribution < -0.4 is 0 Å². The molecule has 5 nitrogen and oxygen atoms in total. The monoisotopic (exact) mass is 255 g/mol. The normalized spacial score (nSPS) is 10.4. The number of hydrogen-bond donors (Lipinski definition) is 0. The van der Waals surface area contributed by atoms with Crippen molar-refractivity contribution in [2.75, 3.05) is 0 Å². The molecule has 1 aromatic carbocycles. The molecule has 0 unspecified atom stereocenters. The van der Waals surface area contributed by atoms with E-state index in [1.54, 1.807) is 13.0 Å². The molecule has 0 aliphatic rings. The molecule has 0 saturated carbocycles. The Morgan fingerprint density at radius 1 is 1.44 bits per heavy atom. The lowest BCUT2D eigenvalue weighted by molar-refractivity contribution is -0.384. The highest BCUT2D eigenvalue weighted by molar-refractivity contribution is 7.18. The number of non-ortho nitro benzene ring substituents is 1. The van der Waals surface area contributed by atoms with E-state index in [2.05, 4.69) is 10.2 Å². The second-order valence-electron chi connectivity index (χ2n) is 3.12. The fourth-order valence-corrected chi connectivity index (χ4v) is 2.23. The first-order valence-corrected chi connectivity index (χ1v) is 5.52. The van der Waals surface area contributed by atoms with Crippen LogP contribution in [0.5, 0.6) is 0 Å². The van der Waals surface area contributed by atoms with Gasteiger partial charge in [0.2, 0.25) is 4.47 Å². The Bertz CT molecular complexity index is 555. The van der Waals surface area contributed by atoms with E-state index in [4.69, 9.17) is 11.6 Å². The number of nitro benzene ring substituents is 1. The summed E-state index contributed by atoms with van der Waals surface area (Å²) in [6.07, 6.45) is 0. The molecule has 2 rings (SSSR count). The first-order valence-electron chi connectivity index (χ1n) is 4.32. The highest BCUT2D eigenvalue weighted by Crippen LogP contribution is 2.30. The van der Waals surface area contributed by atoms with Crippen LogP contribution in [0.1, 0.15) is 5.56 Å². The highest BCUT2D eigenvalue weighted by atomic mass is 35.5. The average molecular weight is 256 g/mol. The van der Waals surface area contributed by atoms with Gasteiger partial charge in [0.1, 0.15) is 5.01 Å². The van der Waals surface area contributed by atoms with E-state index in [0.29, 0.717) is 9.47 Å². The van der Waals surface area contributed by atoms with Crippen molar-refractivity contribution in [1.82, 2.24) is 10.2 Å². The van der Waals surface area contributed by atoms with Gasteiger partial charge < -0.3 is 0 Å². The Hall–Kier alpha value is -1.53. The van der Waals surface area contributed by atoms with Gasteiger partial charge in [0.25, 0.3) is 5.69 Å². The highest BCUT2D eigenvalue weighted by Gasteiger charge is 2.12. The van der Waals surface area contributed by atoms with Crippen LogP contribution in [-0.4, -0.2) is 15.1 Å². The second kappa shape index (κ2) is 4.15. The van der Waals surface area contributed by atoms with E-state index < -0.39 is 4.92 Å². The van der Waals surface area contributed by atoms with Crippen LogP contribution in [0.25, 0.3) is 10.6 Å². The summed E-state index contributed by atoms with van der Waals surface area (Å²) in [6, 6.07) is 4.60. The maximum absolute atomic E-state index is 10.6. The number of hydrogen-bond acceptors (Lipinski definition) is 5. The molecular weight excluding hydrogens is 250 g/mol. The molecule has 1 heterocycles. The van der Waals surface area contributed by atoms with E-state index in [1.807, 2.05) is 0 Å². The van der Waals surface area contributed by atoms with E-state index in [-0.39, 0.29) is 5.69 Å². The third kappa shape index (κ3) is 2.02. The minimum absolute atomic E-state index is 0.0665. The van der Waals surface area contributed by atoms with Crippen molar-refractivity contribution in [3.05, 3.63) is 38.3 Å². The van der Waals surface area contributed by atoms with Gasteiger partial charge in [-0.05, 0) is 30.2 Å². The molecule has 0 aliphatic heterocycles. The second-order valence-corrected chi connectivity index (χ2v) is 4.68. The average Bonchev–Trinajstić information content (AvgIpc) is 2.64. The molecule has 0 spiro atoms. The predicted octanol–water partition coefficient (Wildman–Crippen LogP) is 3.08. The summed E-state index contributed by atoms with van der Waals surface area (Å²) in [5.74, 6) is 0. The number of aromatic nitrogens is 2. The molecule has 0 fully saturated rings. The molecule has 0 N–H and O–H groups in total. The van der Waals surface area contributed by atoms with Gasteiger partial charge >= 0.3 is 0 Å². The van der Waals surface area contributed by atoms with Gasteiger partial charge in [-0.1, -0.05) is 11.3 Å². The van der Waals surface area contributed by atoms with Crippen LogP contribution in [0, 0.1) is 17.0 Å². The molecule has 7 heteroatoms. The maximum atomic E-state index is 10.6. The SMILES string of the molecule is Cc1cc([N+](=O)[O-])ccc1-c1nnc(Cl)s1. The van der Waals surface area contributed by atoms with Crippen LogP contribution >= 0.6 is 22.9 Å². The Balaban J connectivity index is 2.47. The van der Waals surface area contributed by atoms with Crippen molar-refractivity contribution in [3.8, 4) is 10.6 Å². The lowest BCUT2D eigenvalue weighted by atomic mass is 10.1. The van der Waals surface area contributed by atoms with Crippen molar-refractivity contribution in [2.45, 2.75) is 6.92 Å². The van der Waals surface area contributed by atoms with Gasteiger partial charge in [-0.15, -0.1) is 10.2 Å². The fourth-order valence-electron chi connectivity index (χ4n) is 1.32. The van der Waals surface area contributed by atoms with Gasteiger partial charge in [0.15, 0.2) is 0 Å². The molecule has 0 aliphatic carbocycles. The van der Waals surface area contributed by atoms with Crippen molar-refractivity contribution in [1.29, 1.82) is 0 Å². The third-order valence-electron chi connectivity index (χ3n) is 2.05. The van der Waals surface area contributed by atoms with E-state index in [9.17, 15) is 10.1 Å². The molecule has 0 saturated heterocycles. The van der Waals surface area contributed by atoms with Gasteiger partial charge in [-0.2, -0.15) is 0 Å². The summed E-state index contributed by atoms with van der Waals surface area (Å²) in [7, 11) is 0. The summed E-state index contributed by atoms with van der Waals surface area (Å²) in [6.45, 7) is 1.79. The van der Waals surface area contributed by atoms with E-state index >= 15 is 0 Å². The van der Waals surface area contributed by atoms with Crippen LogP contribution in [0.3, 0.4) is 0 Å². The Kier molecular flexibility index (Phi) is 2.84. The first-order chi connectivity index (χ1) is 7.58. The smallest absolute Gasteiger partial charge is 0.258 e. The summed E-state index contributed by atoms with van der Waals surface area (Å²) in [5, 5.41) is 18.8. The van der Waals surface area contributed by atoms with Gasteiger partial charge in [0.05, 0.1) is 4.92 Å². The van der Waals surface area contributed by atoms with Crippen LogP contribution in [0.2, 0.25) is 4.47 Å². The lowest BCUT2D eigenvalue weighted by Crippen LogP contribution is -1.90. The summed E-state index contributed by atoms with van der Waals surface area (Å²) in [4.78, 5) is 10.1. The number of nitro groups is 1. The van der Waals surface area contributed by atoms with E-state index in [0.717, 1.165) is 11.1 Å². The minimum atomic E-state index is -0.427. The Morgan fingerprint density at radius 3 is 2.69 bits per heavy atom. The molecular formula is C9H6ClN3O2S. The van der Waals surface area contributed by atoms with Crippen molar-refractivity contribution < 1.29 is 4.92 Å². The van der Waals surface area contributed by atoms with Crippen molar-refractivity contribution >= 4 is 28.6 Å². The number of aryl methyl sites for hydroxylation is 1. The summed E-state index contributed by atoms with van der Waals surface area (Å²) in [5.41, 5.74) is 1.66. The molecule has 82 valence electrons. The number of rotatable bonds is 2. The first kappa shape index (κ1) is 11.0. The Morgan fingerprint density at radius 2 is 2.19 bits per heavy atom. The molecule has 0 atom stereocenters. The van der Waals surface area contributed by atoms with Gasteiger partial charge in [0, 0.05) is 17.7 Å². The maximum Gasteiger partial charge on any atom is 0.269 e. The fraction of sp³-hybridized carbons (Fsp3) is 0.111. The predicted molar refractivity (Wildman–Crippen MR) is 61.7 cm³/mol. The molecule has 2 aromatic rings. The topological polar surface area (TPSA) is 68.9 Å². The standard InChI is InChI=1S/C9H6ClN3O2S/c1-5-4-6(13(14)15)2-3-7(5)8-11-12-9(10)16-8/h2-4H,1H3. The van der Waals surface area contributed by atoms with Crippen LogP contribution in [0.4, 0.5) is 5.69 Å². The van der Waals surface area contributed by atoms with Crippen molar-refractivity contribution in [2.24, 2.45) is 0 Å². The summed E-state index contributed by atoms with van der Waals surface area (Å²) < 4.78 is 0.354. The quantitative estimate of drug-likeness (QED) is 0.611. The number of nitrogens with zero attached hydrogens (tertiary/aromatic N) is 3. The number of benzene rings is 1. The molecule has 0 amide bonds. The zero-order valence-corrected chi connectivity index (χ0v) is 9.75. The van der Waals surface area contributed by atoms with Gasteiger partial charge in [-0.25, -0.2) is 0 Å². The Labute approximate surface area is 99.9 Å². The van der Waals surface area contributed by atoms with E-state index in [1.165, 1.54) is 23.5 Å². The third-order valence-corrected chi connectivity index (χ3v) is 3.10.